The van der Waals surface area contributed by atoms with Crippen LogP contribution in [0.3, 0.4) is 0 Å². The molecule has 0 fully saturated rings. The fourth-order valence-corrected chi connectivity index (χ4v) is 2.22. The first-order valence-corrected chi connectivity index (χ1v) is 6.47. The van der Waals surface area contributed by atoms with Crippen molar-refractivity contribution in [1.82, 2.24) is 0 Å². The minimum absolute atomic E-state index is 0.0614. The van der Waals surface area contributed by atoms with E-state index in [0.717, 1.165) is 12.1 Å². The van der Waals surface area contributed by atoms with Crippen LogP contribution in [0.5, 0.6) is 0 Å². The molecule has 1 aromatic rings. The zero-order valence-electron chi connectivity index (χ0n) is 9.86. The number of thioether (sulfide) groups is 1. The lowest BCUT2D eigenvalue weighted by molar-refractivity contribution is 0.196. The van der Waals surface area contributed by atoms with Gasteiger partial charge in [0.25, 0.3) is 0 Å². The van der Waals surface area contributed by atoms with E-state index in [2.05, 4.69) is 0 Å². The van der Waals surface area contributed by atoms with Gasteiger partial charge in [-0.1, -0.05) is 13.0 Å². The summed E-state index contributed by atoms with van der Waals surface area (Å²) in [4.78, 5) is 0. The lowest BCUT2D eigenvalue weighted by Gasteiger charge is -2.17. The Morgan fingerprint density at radius 2 is 1.94 bits per heavy atom. The van der Waals surface area contributed by atoms with E-state index in [9.17, 15) is 13.9 Å². The van der Waals surface area contributed by atoms with E-state index in [-0.39, 0.29) is 11.3 Å². The number of rotatable bonds is 5. The van der Waals surface area contributed by atoms with Crippen molar-refractivity contribution in [3.05, 3.63) is 35.4 Å². The van der Waals surface area contributed by atoms with Gasteiger partial charge in [0.15, 0.2) is 11.6 Å². The maximum atomic E-state index is 13.0. The van der Waals surface area contributed by atoms with E-state index in [0.29, 0.717) is 11.3 Å². The van der Waals surface area contributed by atoms with E-state index >= 15 is 0 Å². The maximum Gasteiger partial charge on any atom is 0.159 e. The highest BCUT2D eigenvalue weighted by Gasteiger charge is 2.14. The quantitative estimate of drug-likeness (QED) is 0.856. The van der Waals surface area contributed by atoms with Crippen molar-refractivity contribution in [2.45, 2.75) is 31.2 Å². The van der Waals surface area contributed by atoms with Crippen LogP contribution in [0.2, 0.25) is 0 Å². The Balaban J connectivity index is 2.58. The summed E-state index contributed by atoms with van der Waals surface area (Å²) < 4.78 is 25.7. The Bertz CT molecular complexity index is 374. The Morgan fingerprint density at radius 3 is 2.47 bits per heavy atom. The molecule has 3 N–H and O–H groups in total. The number of benzene rings is 1. The van der Waals surface area contributed by atoms with Crippen molar-refractivity contribution in [3.63, 3.8) is 0 Å². The maximum absolute atomic E-state index is 13.0. The topological polar surface area (TPSA) is 46.2 Å². The molecule has 0 amide bonds. The van der Waals surface area contributed by atoms with Crippen molar-refractivity contribution in [3.8, 4) is 0 Å². The first-order valence-electron chi connectivity index (χ1n) is 5.42. The Morgan fingerprint density at radius 1 is 1.29 bits per heavy atom. The third-order valence-electron chi connectivity index (χ3n) is 2.59. The molecule has 0 bridgehead atoms. The summed E-state index contributed by atoms with van der Waals surface area (Å²) >= 11 is 1.51. The number of hydrogen-bond acceptors (Lipinski definition) is 3. The number of aliphatic hydroxyl groups excluding tert-OH is 1. The molecule has 0 aliphatic heterocycles. The van der Waals surface area contributed by atoms with Gasteiger partial charge in [0.05, 0.1) is 6.10 Å². The molecule has 1 rings (SSSR count). The van der Waals surface area contributed by atoms with E-state index in [1.54, 1.807) is 6.92 Å². The number of hydrogen-bond donors (Lipinski definition) is 2. The minimum atomic E-state index is -0.883. The van der Waals surface area contributed by atoms with E-state index in [1.807, 2.05) is 6.92 Å². The molecule has 0 saturated carbocycles. The lowest BCUT2D eigenvalue weighted by atomic mass is 10.1. The third kappa shape index (κ3) is 4.26. The van der Waals surface area contributed by atoms with Crippen LogP contribution in [0.25, 0.3) is 0 Å². The molecule has 0 saturated heterocycles. The molecule has 2 nitrogen and oxygen atoms in total. The molecule has 1 aromatic carbocycles. The van der Waals surface area contributed by atoms with Crippen LogP contribution in [0.4, 0.5) is 8.78 Å². The summed E-state index contributed by atoms with van der Waals surface area (Å²) in [5.74, 6) is -1.20. The molecule has 17 heavy (non-hydrogen) atoms. The average Bonchev–Trinajstić information content (AvgIpc) is 2.28. The molecule has 0 aliphatic rings. The fraction of sp³-hybridized carbons (Fsp3) is 0.500. The Labute approximate surface area is 104 Å². The Hall–Kier alpha value is -0.650. The van der Waals surface area contributed by atoms with Gasteiger partial charge in [-0.25, -0.2) is 8.78 Å². The van der Waals surface area contributed by atoms with Crippen molar-refractivity contribution >= 4 is 11.8 Å². The van der Waals surface area contributed by atoms with Crippen LogP contribution >= 0.6 is 11.8 Å². The molecule has 0 aromatic heterocycles. The SMILES string of the molecule is CC(O)C(C)SCC(N)c1ccc(F)c(F)c1. The highest BCUT2D eigenvalue weighted by molar-refractivity contribution is 7.99. The fourth-order valence-electron chi connectivity index (χ4n) is 1.23. The zero-order chi connectivity index (χ0) is 13.0. The van der Waals surface area contributed by atoms with Gasteiger partial charge in [0, 0.05) is 17.0 Å². The van der Waals surface area contributed by atoms with Crippen LogP contribution in [0, 0.1) is 11.6 Å². The summed E-state index contributed by atoms with van der Waals surface area (Å²) in [7, 11) is 0. The molecular weight excluding hydrogens is 244 g/mol. The molecule has 0 spiro atoms. The van der Waals surface area contributed by atoms with Crippen molar-refractivity contribution in [2.75, 3.05) is 5.75 Å². The van der Waals surface area contributed by atoms with Gasteiger partial charge in [-0.05, 0) is 24.6 Å². The Kier molecular flexibility index (Phi) is 5.36. The molecule has 0 radical (unpaired) electrons. The first-order chi connectivity index (χ1) is 7.91. The highest BCUT2D eigenvalue weighted by Crippen LogP contribution is 2.22. The molecule has 0 aliphatic carbocycles. The van der Waals surface area contributed by atoms with Crippen LogP contribution in [-0.2, 0) is 0 Å². The summed E-state index contributed by atoms with van der Waals surface area (Å²) in [6.45, 7) is 3.61. The average molecular weight is 261 g/mol. The molecular formula is C12H17F2NOS. The normalized spacial score (nSPS) is 16.6. The monoisotopic (exact) mass is 261 g/mol. The van der Waals surface area contributed by atoms with Gasteiger partial charge in [-0.3, -0.25) is 0 Å². The number of nitrogens with two attached hydrogens (primary N) is 1. The van der Waals surface area contributed by atoms with E-state index in [1.165, 1.54) is 17.8 Å². The summed E-state index contributed by atoms with van der Waals surface area (Å²) in [5, 5.41) is 9.38. The van der Waals surface area contributed by atoms with Gasteiger partial charge in [-0.15, -0.1) is 0 Å². The summed E-state index contributed by atoms with van der Waals surface area (Å²) in [5.41, 5.74) is 6.43. The van der Waals surface area contributed by atoms with Crippen LogP contribution < -0.4 is 5.73 Å². The molecule has 3 atom stereocenters. The number of aliphatic hydroxyl groups is 1. The van der Waals surface area contributed by atoms with E-state index in [4.69, 9.17) is 5.73 Å². The standard InChI is InChI=1S/C12H17F2NOS/c1-7(16)8(2)17-6-12(15)9-3-4-10(13)11(14)5-9/h3-5,7-8,12,16H,6,15H2,1-2H3. The second-order valence-electron chi connectivity index (χ2n) is 4.06. The predicted molar refractivity (Wildman–Crippen MR) is 66.9 cm³/mol. The van der Waals surface area contributed by atoms with Crippen molar-refractivity contribution in [1.29, 1.82) is 0 Å². The smallest absolute Gasteiger partial charge is 0.159 e. The summed E-state index contributed by atoms with van der Waals surface area (Å²) in [6.07, 6.45) is -0.419. The number of halogens is 2. The van der Waals surface area contributed by atoms with E-state index < -0.39 is 17.7 Å². The van der Waals surface area contributed by atoms with Gasteiger partial charge < -0.3 is 10.8 Å². The van der Waals surface area contributed by atoms with Crippen LogP contribution in [0.15, 0.2) is 18.2 Å². The lowest BCUT2D eigenvalue weighted by Crippen LogP contribution is -2.20. The van der Waals surface area contributed by atoms with Crippen LogP contribution in [0.1, 0.15) is 25.5 Å². The van der Waals surface area contributed by atoms with Gasteiger partial charge in [0.2, 0.25) is 0 Å². The highest BCUT2D eigenvalue weighted by atomic mass is 32.2. The third-order valence-corrected chi connectivity index (χ3v) is 4.06. The largest absolute Gasteiger partial charge is 0.392 e. The summed E-state index contributed by atoms with van der Waals surface area (Å²) in [6, 6.07) is 3.31. The predicted octanol–water partition coefficient (Wildman–Crippen LogP) is 2.47. The zero-order valence-corrected chi connectivity index (χ0v) is 10.7. The second-order valence-corrected chi connectivity index (χ2v) is 5.47. The molecule has 5 heteroatoms. The first kappa shape index (κ1) is 14.4. The van der Waals surface area contributed by atoms with Gasteiger partial charge >= 0.3 is 0 Å². The van der Waals surface area contributed by atoms with Gasteiger partial charge in [0.1, 0.15) is 0 Å². The van der Waals surface area contributed by atoms with Crippen molar-refractivity contribution < 1.29 is 13.9 Å². The minimum Gasteiger partial charge on any atom is -0.392 e. The molecule has 3 unspecified atom stereocenters. The van der Waals surface area contributed by atoms with Crippen LogP contribution in [-0.4, -0.2) is 22.2 Å². The van der Waals surface area contributed by atoms with Crippen molar-refractivity contribution in [2.24, 2.45) is 5.73 Å². The molecule has 96 valence electrons. The second kappa shape index (κ2) is 6.33. The molecule has 0 heterocycles. The van der Waals surface area contributed by atoms with Gasteiger partial charge in [-0.2, -0.15) is 11.8 Å².